The Hall–Kier alpha value is -1.10. The minimum atomic E-state index is -0.277. The third-order valence-corrected chi connectivity index (χ3v) is 1.45. The topological polar surface area (TPSA) is 51.9 Å². The van der Waals surface area contributed by atoms with Gasteiger partial charge in [0.15, 0.2) is 0 Å². The number of rotatable bonds is 1. The lowest BCUT2D eigenvalue weighted by Crippen LogP contribution is -2.18. The van der Waals surface area contributed by atoms with E-state index in [9.17, 15) is 4.79 Å². The van der Waals surface area contributed by atoms with Crippen molar-refractivity contribution in [2.75, 3.05) is 19.0 Å². The highest BCUT2D eigenvalue weighted by Crippen LogP contribution is 2.00. The maximum absolute atomic E-state index is 10.8. The van der Waals surface area contributed by atoms with E-state index in [2.05, 4.69) is 9.97 Å². The molecule has 1 rings (SSSR count). The molecule has 0 aliphatic carbocycles. The van der Waals surface area contributed by atoms with Crippen LogP contribution >= 0.6 is 12.2 Å². The van der Waals surface area contributed by atoms with Crippen molar-refractivity contribution < 1.29 is 0 Å². The smallest absolute Gasteiger partial charge is 0.325 e. The van der Waals surface area contributed by atoms with Crippen molar-refractivity contribution in [3.8, 4) is 0 Å². The predicted octanol–water partition coefficient (Wildman–Crippen LogP) is 0.498. The Kier molecular flexibility index (Phi) is 2.09. The molecule has 0 amide bonds. The van der Waals surface area contributed by atoms with Crippen LogP contribution in [0.15, 0.2) is 10.9 Å². The second-order valence-corrected chi connectivity index (χ2v) is 2.81. The lowest BCUT2D eigenvalue weighted by molar-refractivity contribution is 0.990. The monoisotopic (exact) mass is 171 g/mol. The van der Waals surface area contributed by atoms with Crippen molar-refractivity contribution in [2.45, 2.75) is 0 Å². The first-order chi connectivity index (χ1) is 5.09. The first kappa shape index (κ1) is 8.00. The third-order valence-electron chi connectivity index (χ3n) is 1.23. The van der Waals surface area contributed by atoms with Crippen molar-refractivity contribution in [3.05, 3.63) is 21.2 Å². The largest absolute Gasteiger partial charge is 0.364 e. The average Bonchev–Trinajstić information content (AvgIpc) is 1.85. The average molecular weight is 171 g/mol. The molecule has 0 atom stereocenters. The zero-order valence-electron chi connectivity index (χ0n) is 6.34. The summed E-state index contributed by atoms with van der Waals surface area (Å²) in [6, 6.07) is 1.69. The summed E-state index contributed by atoms with van der Waals surface area (Å²) in [6.45, 7) is 0. The Morgan fingerprint density at radius 1 is 1.45 bits per heavy atom. The fraction of sp³-hybridized carbons (Fsp3) is 0.333. The van der Waals surface area contributed by atoms with Crippen LogP contribution in [0.1, 0.15) is 0 Å². The first-order valence-corrected chi connectivity index (χ1v) is 3.51. The normalized spacial score (nSPS) is 9.64. The summed E-state index contributed by atoms with van der Waals surface area (Å²) in [7, 11) is 3.67. The molecule has 4 nitrogen and oxygen atoms in total. The quantitative estimate of drug-likeness (QED) is 0.605. The van der Waals surface area contributed by atoms with Gasteiger partial charge in [-0.15, -0.1) is 0 Å². The number of nitrogens with zero attached hydrogens (tertiary/aromatic N) is 1. The molecule has 0 saturated carbocycles. The molecule has 0 aromatic carbocycles. The van der Waals surface area contributed by atoms with Crippen LogP contribution in [0.4, 0.5) is 5.82 Å². The Labute approximate surface area is 68.9 Å². The van der Waals surface area contributed by atoms with E-state index in [1.165, 1.54) is 0 Å². The molecule has 0 aliphatic rings. The molecular formula is C6H9N3OS. The van der Waals surface area contributed by atoms with Crippen molar-refractivity contribution in [3.63, 3.8) is 0 Å². The van der Waals surface area contributed by atoms with Crippen LogP contribution in [0.5, 0.6) is 0 Å². The molecule has 5 heteroatoms. The molecule has 0 bridgehead atoms. The van der Waals surface area contributed by atoms with Crippen LogP contribution in [0.3, 0.4) is 0 Å². The summed E-state index contributed by atoms with van der Waals surface area (Å²) in [5.74, 6) is 0.707. The molecular weight excluding hydrogens is 162 g/mol. The Morgan fingerprint density at radius 2 is 2.09 bits per heavy atom. The number of H-pyrrole nitrogens is 2. The second-order valence-electron chi connectivity index (χ2n) is 2.37. The summed E-state index contributed by atoms with van der Waals surface area (Å²) in [6.07, 6.45) is 0. The summed E-state index contributed by atoms with van der Waals surface area (Å²) >= 11 is 4.80. The van der Waals surface area contributed by atoms with E-state index in [1.54, 1.807) is 11.0 Å². The van der Waals surface area contributed by atoms with E-state index in [4.69, 9.17) is 12.2 Å². The Bertz CT molecular complexity index is 323. The molecule has 11 heavy (non-hydrogen) atoms. The maximum Gasteiger partial charge on any atom is 0.325 e. The van der Waals surface area contributed by atoms with Gasteiger partial charge in [-0.25, -0.2) is 4.79 Å². The molecule has 1 aromatic rings. The molecule has 1 aromatic heterocycles. The van der Waals surface area contributed by atoms with Crippen molar-refractivity contribution in [2.24, 2.45) is 0 Å². The SMILES string of the molecule is CN(C)c1cc(=S)[nH]c(=O)[nH]1. The van der Waals surface area contributed by atoms with Crippen LogP contribution in [0.2, 0.25) is 0 Å². The standard InChI is InChI=1S/C6H9N3OS/c1-9(2)4-3-5(11)8-6(10)7-4/h3H,1-2H3,(H2,7,8,10,11). The summed E-state index contributed by atoms with van der Waals surface area (Å²) in [5, 5.41) is 0. The minimum absolute atomic E-state index is 0.277. The maximum atomic E-state index is 10.8. The second kappa shape index (κ2) is 2.87. The van der Waals surface area contributed by atoms with Gasteiger partial charge in [-0.2, -0.15) is 0 Å². The van der Waals surface area contributed by atoms with Gasteiger partial charge >= 0.3 is 5.69 Å². The summed E-state index contributed by atoms with van der Waals surface area (Å²) in [5.41, 5.74) is -0.277. The Morgan fingerprint density at radius 3 is 2.55 bits per heavy atom. The van der Waals surface area contributed by atoms with Gasteiger partial charge in [0.25, 0.3) is 0 Å². The van der Waals surface area contributed by atoms with Crippen molar-refractivity contribution in [1.29, 1.82) is 0 Å². The van der Waals surface area contributed by atoms with Gasteiger partial charge in [0.05, 0.1) is 0 Å². The molecule has 0 saturated heterocycles. The number of nitrogens with one attached hydrogen (secondary N) is 2. The van der Waals surface area contributed by atoms with Gasteiger partial charge in [0.1, 0.15) is 10.5 Å². The zero-order chi connectivity index (χ0) is 8.43. The van der Waals surface area contributed by atoms with Crippen LogP contribution in [0, 0.1) is 4.64 Å². The number of hydrogen-bond acceptors (Lipinski definition) is 3. The van der Waals surface area contributed by atoms with E-state index in [0.29, 0.717) is 10.5 Å². The molecule has 0 aliphatic heterocycles. The van der Waals surface area contributed by atoms with Crippen LogP contribution in [-0.2, 0) is 0 Å². The number of hydrogen-bond donors (Lipinski definition) is 2. The van der Waals surface area contributed by atoms with Crippen LogP contribution < -0.4 is 10.6 Å². The summed E-state index contributed by atoms with van der Waals surface area (Å²) in [4.78, 5) is 17.6. The van der Waals surface area contributed by atoms with Crippen LogP contribution in [0.25, 0.3) is 0 Å². The molecule has 0 fully saturated rings. The highest BCUT2D eigenvalue weighted by atomic mass is 32.1. The van der Waals surface area contributed by atoms with Gasteiger partial charge < -0.3 is 4.90 Å². The predicted molar refractivity (Wildman–Crippen MR) is 46.6 cm³/mol. The van der Waals surface area contributed by atoms with Gasteiger partial charge in [0.2, 0.25) is 0 Å². The van der Waals surface area contributed by atoms with E-state index >= 15 is 0 Å². The summed E-state index contributed by atoms with van der Waals surface area (Å²) < 4.78 is 0.442. The Balaban J connectivity index is 3.30. The van der Waals surface area contributed by atoms with Crippen molar-refractivity contribution in [1.82, 2.24) is 9.97 Å². The number of aromatic nitrogens is 2. The molecule has 0 radical (unpaired) electrons. The zero-order valence-corrected chi connectivity index (χ0v) is 7.16. The highest BCUT2D eigenvalue weighted by Gasteiger charge is 1.94. The highest BCUT2D eigenvalue weighted by molar-refractivity contribution is 7.71. The van der Waals surface area contributed by atoms with E-state index in [1.807, 2.05) is 14.1 Å². The van der Waals surface area contributed by atoms with Crippen LogP contribution in [-0.4, -0.2) is 24.1 Å². The van der Waals surface area contributed by atoms with Gasteiger partial charge in [-0.1, -0.05) is 12.2 Å². The minimum Gasteiger partial charge on any atom is -0.364 e. The van der Waals surface area contributed by atoms with Gasteiger partial charge in [-0.05, 0) is 0 Å². The first-order valence-electron chi connectivity index (χ1n) is 3.10. The fourth-order valence-electron chi connectivity index (χ4n) is 0.697. The molecule has 60 valence electrons. The molecule has 0 unspecified atom stereocenters. The number of anilines is 1. The molecule has 1 heterocycles. The van der Waals surface area contributed by atoms with E-state index < -0.39 is 0 Å². The third kappa shape index (κ3) is 1.91. The van der Waals surface area contributed by atoms with E-state index in [-0.39, 0.29) is 5.69 Å². The lowest BCUT2D eigenvalue weighted by Gasteiger charge is -2.10. The lowest BCUT2D eigenvalue weighted by atomic mass is 10.5. The van der Waals surface area contributed by atoms with Crippen molar-refractivity contribution >= 4 is 18.0 Å². The number of aromatic amines is 2. The van der Waals surface area contributed by atoms with E-state index in [0.717, 1.165) is 0 Å². The fourth-order valence-corrected chi connectivity index (χ4v) is 0.901. The van der Waals surface area contributed by atoms with Gasteiger partial charge in [-0.3, -0.25) is 9.97 Å². The van der Waals surface area contributed by atoms with Gasteiger partial charge in [0, 0.05) is 20.2 Å². The molecule has 0 spiro atoms. The molecule has 2 N–H and O–H groups in total.